The van der Waals surface area contributed by atoms with Gasteiger partial charge in [-0.3, -0.25) is 4.79 Å². The second kappa shape index (κ2) is 5.30. The molecule has 2 rings (SSSR count). The molecule has 0 bridgehead atoms. The van der Waals surface area contributed by atoms with E-state index in [1.54, 1.807) is 24.4 Å². The lowest BCUT2D eigenvalue weighted by Crippen LogP contribution is -2.21. The standard InChI is InChI=1S/C13H16N2O3/c14-4-3-11(16)13(18)8-1-2-9-7-15-12(17)6-10(9)5-8/h1-2,5-7,11,13,16,18H,3-4,14H2,(H,15,17). The first kappa shape index (κ1) is 12.8. The number of nitrogens with one attached hydrogen (secondary N) is 1. The third-order valence-electron chi connectivity index (χ3n) is 2.94. The summed E-state index contributed by atoms with van der Waals surface area (Å²) >= 11 is 0. The van der Waals surface area contributed by atoms with Gasteiger partial charge in [0.1, 0.15) is 6.10 Å². The van der Waals surface area contributed by atoms with Crippen LogP contribution in [-0.4, -0.2) is 27.8 Å². The van der Waals surface area contributed by atoms with Gasteiger partial charge >= 0.3 is 0 Å². The number of hydrogen-bond acceptors (Lipinski definition) is 4. The van der Waals surface area contributed by atoms with Gasteiger partial charge in [-0.2, -0.15) is 0 Å². The first-order valence-electron chi connectivity index (χ1n) is 5.80. The van der Waals surface area contributed by atoms with Gasteiger partial charge in [0.2, 0.25) is 5.56 Å². The summed E-state index contributed by atoms with van der Waals surface area (Å²) < 4.78 is 0. The topological polar surface area (TPSA) is 99.3 Å². The number of pyridine rings is 1. The molecule has 0 saturated heterocycles. The maximum Gasteiger partial charge on any atom is 0.248 e. The van der Waals surface area contributed by atoms with Crippen molar-refractivity contribution >= 4 is 10.8 Å². The average Bonchev–Trinajstić information content (AvgIpc) is 2.37. The Kier molecular flexibility index (Phi) is 3.76. The third-order valence-corrected chi connectivity index (χ3v) is 2.94. The van der Waals surface area contributed by atoms with Crippen molar-refractivity contribution in [1.82, 2.24) is 4.98 Å². The summed E-state index contributed by atoms with van der Waals surface area (Å²) in [6, 6.07) is 6.68. The first-order valence-corrected chi connectivity index (χ1v) is 5.80. The molecule has 2 unspecified atom stereocenters. The number of hydrogen-bond donors (Lipinski definition) is 4. The van der Waals surface area contributed by atoms with Crippen molar-refractivity contribution in [3.8, 4) is 0 Å². The van der Waals surface area contributed by atoms with Crippen LogP contribution in [0.3, 0.4) is 0 Å². The van der Waals surface area contributed by atoms with Crippen LogP contribution in [0.15, 0.2) is 35.3 Å². The molecule has 2 atom stereocenters. The molecule has 0 aliphatic rings. The molecule has 1 heterocycles. The highest BCUT2D eigenvalue weighted by atomic mass is 16.3. The number of benzene rings is 1. The fourth-order valence-electron chi connectivity index (χ4n) is 1.92. The highest BCUT2D eigenvalue weighted by Crippen LogP contribution is 2.22. The molecule has 1 aromatic heterocycles. The number of aromatic amines is 1. The fourth-order valence-corrected chi connectivity index (χ4v) is 1.92. The van der Waals surface area contributed by atoms with E-state index in [1.165, 1.54) is 6.07 Å². The summed E-state index contributed by atoms with van der Waals surface area (Å²) in [5.41, 5.74) is 5.72. The highest BCUT2D eigenvalue weighted by Gasteiger charge is 2.17. The molecule has 0 saturated carbocycles. The smallest absolute Gasteiger partial charge is 0.248 e. The fraction of sp³-hybridized carbons (Fsp3) is 0.308. The molecule has 5 N–H and O–H groups in total. The number of fused-ring (bicyclic) bond motifs is 1. The Morgan fingerprint density at radius 3 is 2.72 bits per heavy atom. The highest BCUT2D eigenvalue weighted by molar-refractivity contribution is 5.82. The van der Waals surface area contributed by atoms with Crippen molar-refractivity contribution in [1.29, 1.82) is 0 Å². The molecular formula is C13H16N2O3. The van der Waals surface area contributed by atoms with E-state index in [9.17, 15) is 15.0 Å². The zero-order valence-corrected chi connectivity index (χ0v) is 9.84. The normalized spacial score (nSPS) is 14.6. The Morgan fingerprint density at radius 2 is 2.00 bits per heavy atom. The van der Waals surface area contributed by atoms with Gasteiger partial charge in [-0.15, -0.1) is 0 Å². The largest absolute Gasteiger partial charge is 0.390 e. The zero-order valence-electron chi connectivity index (χ0n) is 9.84. The van der Waals surface area contributed by atoms with E-state index in [4.69, 9.17) is 5.73 Å². The Morgan fingerprint density at radius 1 is 1.22 bits per heavy atom. The molecule has 0 fully saturated rings. The third kappa shape index (κ3) is 2.59. The lowest BCUT2D eigenvalue weighted by Gasteiger charge is -2.17. The van der Waals surface area contributed by atoms with Crippen molar-refractivity contribution in [2.24, 2.45) is 5.73 Å². The van der Waals surface area contributed by atoms with Crippen LogP contribution in [0.2, 0.25) is 0 Å². The van der Waals surface area contributed by atoms with E-state index in [0.29, 0.717) is 18.5 Å². The maximum absolute atomic E-state index is 11.2. The van der Waals surface area contributed by atoms with Crippen LogP contribution < -0.4 is 11.3 Å². The minimum atomic E-state index is -0.989. The minimum Gasteiger partial charge on any atom is -0.390 e. The van der Waals surface area contributed by atoms with Crippen LogP contribution in [0, 0.1) is 0 Å². The Balaban J connectivity index is 2.37. The van der Waals surface area contributed by atoms with Gasteiger partial charge < -0.3 is 20.9 Å². The molecule has 0 radical (unpaired) electrons. The summed E-state index contributed by atoms with van der Waals surface area (Å²) in [6.45, 7) is 0.311. The maximum atomic E-state index is 11.2. The van der Waals surface area contributed by atoms with Crippen molar-refractivity contribution in [2.75, 3.05) is 6.54 Å². The summed E-state index contributed by atoms with van der Waals surface area (Å²) in [5, 5.41) is 21.3. The molecule has 5 nitrogen and oxygen atoms in total. The minimum absolute atomic E-state index is 0.198. The van der Waals surface area contributed by atoms with Gasteiger partial charge in [-0.1, -0.05) is 12.1 Å². The van der Waals surface area contributed by atoms with Crippen molar-refractivity contribution in [3.05, 3.63) is 46.4 Å². The van der Waals surface area contributed by atoms with E-state index < -0.39 is 12.2 Å². The Labute approximate surface area is 104 Å². The number of aromatic nitrogens is 1. The van der Waals surface area contributed by atoms with Gasteiger partial charge in [0.05, 0.1) is 6.10 Å². The van der Waals surface area contributed by atoms with E-state index >= 15 is 0 Å². The van der Waals surface area contributed by atoms with E-state index in [0.717, 1.165) is 10.8 Å². The average molecular weight is 248 g/mol. The van der Waals surface area contributed by atoms with E-state index in [2.05, 4.69) is 4.98 Å². The van der Waals surface area contributed by atoms with Crippen molar-refractivity contribution in [2.45, 2.75) is 18.6 Å². The van der Waals surface area contributed by atoms with E-state index in [1.807, 2.05) is 0 Å². The monoisotopic (exact) mass is 248 g/mol. The summed E-state index contributed by atoms with van der Waals surface area (Å²) in [4.78, 5) is 13.8. The summed E-state index contributed by atoms with van der Waals surface area (Å²) in [5.74, 6) is 0. The van der Waals surface area contributed by atoms with Gasteiger partial charge in [0.25, 0.3) is 0 Å². The van der Waals surface area contributed by atoms with Crippen LogP contribution >= 0.6 is 0 Å². The zero-order chi connectivity index (χ0) is 13.1. The predicted octanol–water partition coefficient (Wildman–Crippen LogP) is 0.271. The van der Waals surface area contributed by atoms with Gasteiger partial charge in [-0.05, 0) is 35.4 Å². The second-order valence-electron chi connectivity index (χ2n) is 4.28. The van der Waals surface area contributed by atoms with Crippen LogP contribution in [0.1, 0.15) is 18.1 Å². The molecule has 1 aromatic carbocycles. The molecule has 2 aromatic rings. The number of aliphatic hydroxyl groups is 2. The van der Waals surface area contributed by atoms with Gasteiger partial charge in [-0.25, -0.2) is 0 Å². The molecule has 0 spiro atoms. The van der Waals surface area contributed by atoms with Crippen LogP contribution in [0.4, 0.5) is 0 Å². The number of H-pyrrole nitrogens is 1. The Bertz CT molecular complexity index is 594. The Hall–Kier alpha value is -1.69. The van der Waals surface area contributed by atoms with E-state index in [-0.39, 0.29) is 5.56 Å². The van der Waals surface area contributed by atoms with Gasteiger partial charge in [0.15, 0.2) is 0 Å². The second-order valence-corrected chi connectivity index (χ2v) is 4.28. The van der Waals surface area contributed by atoms with Crippen molar-refractivity contribution in [3.63, 3.8) is 0 Å². The number of rotatable bonds is 4. The SMILES string of the molecule is NCCC(O)C(O)c1ccc2c[nH]c(=O)cc2c1. The molecule has 0 amide bonds. The lowest BCUT2D eigenvalue weighted by molar-refractivity contribution is 0.0151. The van der Waals surface area contributed by atoms with Crippen LogP contribution in [0.5, 0.6) is 0 Å². The molecule has 0 aliphatic carbocycles. The number of aliphatic hydroxyl groups excluding tert-OH is 2. The molecule has 0 aliphatic heterocycles. The molecular weight excluding hydrogens is 232 g/mol. The van der Waals surface area contributed by atoms with Gasteiger partial charge in [0, 0.05) is 12.3 Å². The van der Waals surface area contributed by atoms with Crippen LogP contribution in [-0.2, 0) is 0 Å². The van der Waals surface area contributed by atoms with Crippen LogP contribution in [0.25, 0.3) is 10.8 Å². The first-order chi connectivity index (χ1) is 8.61. The molecule has 5 heteroatoms. The molecule has 18 heavy (non-hydrogen) atoms. The molecule has 96 valence electrons. The lowest BCUT2D eigenvalue weighted by atomic mass is 9.99. The quantitative estimate of drug-likeness (QED) is 0.624. The summed E-state index contributed by atoms with van der Waals surface area (Å²) in [6.07, 6.45) is 0.0605. The van der Waals surface area contributed by atoms with Crippen molar-refractivity contribution < 1.29 is 10.2 Å². The number of nitrogens with two attached hydrogens (primary N) is 1. The summed E-state index contributed by atoms with van der Waals surface area (Å²) in [7, 11) is 0. The predicted molar refractivity (Wildman–Crippen MR) is 69.2 cm³/mol.